The Kier molecular flexibility index (Phi) is 3.02. The van der Waals surface area contributed by atoms with Gasteiger partial charge in [0, 0.05) is 12.5 Å². The summed E-state index contributed by atoms with van der Waals surface area (Å²) in [4.78, 5) is 14.1. The van der Waals surface area contributed by atoms with Crippen LogP contribution < -0.4 is 5.73 Å². The van der Waals surface area contributed by atoms with Gasteiger partial charge in [-0.1, -0.05) is 6.07 Å². The number of aromatic amines is 1. The fourth-order valence-electron chi connectivity index (χ4n) is 2.05. The zero-order valence-electron chi connectivity index (χ0n) is 9.86. The lowest BCUT2D eigenvalue weighted by molar-refractivity contribution is -0.118. The lowest BCUT2D eigenvalue weighted by Gasteiger charge is -2.12. The zero-order valence-corrected chi connectivity index (χ0v) is 10.7. The first-order valence-electron chi connectivity index (χ1n) is 5.48. The summed E-state index contributed by atoms with van der Waals surface area (Å²) < 4.78 is 2.57. The molecule has 0 aliphatic heterocycles. The average molecular weight is 249 g/mol. The van der Waals surface area contributed by atoms with Crippen LogP contribution in [0.5, 0.6) is 0 Å². The molecule has 3 N–H and O–H groups in total. The number of rotatable bonds is 3. The van der Waals surface area contributed by atoms with Gasteiger partial charge in [0.15, 0.2) is 4.77 Å². The first kappa shape index (κ1) is 11.9. The smallest absolute Gasteiger partial charge is 0.219 e. The average Bonchev–Trinajstić information content (AvgIpc) is 2.52. The second kappa shape index (κ2) is 4.33. The molecule has 2 rings (SSSR count). The lowest BCUT2D eigenvalue weighted by atomic mass is 10.2. The number of benzene rings is 1. The molecular formula is C12H15N3OS. The summed E-state index contributed by atoms with van der Waals surface area (Å²) in [6.07, 6.45) is 0.287. The maximum absolute atomic E-state index is 11.0. The summed E-state index contributed by atoms with van der Waals surface area (Å²) >= 11 is 5.28. The third-order valence-electron chi connectivity index (χ3n) is 2.81. The maximum atomic E-state index is 11.0. The molecule has 2 aromatic rings. The molecule has 1 amide bonds. The van der Waals surface area contributed by atoms with E-state index in [1.807, 2.05) is 30.5 Å². The number of primary amides is 1. The van der Waals surface area contributed by atoms with Crippen LogP contribution in [0.2, 0.25) is 0 Å². The van der Waals surface area contributed by atoms with E-state index in [0.29, 0.717) is 4.77 Å². The van der Waals surface area contributed by atoms with Crippen LogP contribution in [0.3, 0.4) is 0 Å². The summed E-state index contributed by atoms with van der Waals surface area (Å²) in [5.41, 5.74) is 8.39. The van der Waals surface area contributed by atoms with Crippen molar-refractivity contribution in [2.24, 2.45) is 5.73 Å². The Morgan fingerprint density at radius 2 is 2.29 bits per heavy atom. The Bertz CT molecular complexity index is 626. The van der Waals surface area contributed by atoms with Gasteiger partial charge in [0.1, 0.15) is 0 Å². The van der Waals surface area contributed by atoms with Crippen molar-refractivity contribution in [1.29, 1.82) is 0 Å². The minimum atomic E-state index is -0.318. The van der Waals surface area contributed by atoms with Crippen molar-refractivity contribution in [1.82, 2.24) is 9.55 Å². The van der Waals surface area contributed by atoms with Crippen molar-refractivity contribution in [3.8, 4) is 0 Å². The monoisotopic (exact) mass is 249 g/mol. The van der Waals surface area contributed by atoms with E-state index in [1.54, 1.807) is 0 Å². The lowest BCUT2D eigenvalue weighted by Crippen LogP contribution is -2.17. The van der Waals surface area contributed by atoms with E-state index in [1.165, 1.54) is 0 Å². The minimum absolute atomic E-state index is 0.0319. The molecular weight excluding hydrogens is 234 g/mol. The number of hydrogen-bond acceptors (Lipinski definition) is 2. The number of nitrogens with zero attached hydrogens (tertiary/aromatic N) is 1. The van der Waals surface area contributed by atoms with Gasteiger partial charge in [0.2, 0.25) is 5.91 Å². The van der Waals surface area contributed by atoms with Crippen LogP contribution in [0, 0.1) is 11.7 Å². The number of aryl methyl sites for hydroxylation is 1. The molecule has 0 saturated heterocycles. The number of nitrogens with one attached hydrogen (secondary N) is 1. The highest BCUT2D eigenvalue weighted by atomic mass is 32.1. The zero-order chi connectivity index (χ0) is 12.6. The van der Waals surface area contributed by atoms with Gasteiger partial charge in [-0.2, -0.15) is 0 Å². The van der Waals surface area contributed by atoms with Gasteiger partial charge in [-0.25, -0.2) is 0 Å². The molecule has 0 radical (unpaired) electrons. The fourth-order valence-corrected chi connectivity index (χ4v) is 2.44. The van der Waals surface area contributed by atoms with Crippen LogP contribution in [-0.4, -0.2) is 15.5 Å². The van der Waals surface area contributed by atoms with Gasteiger partial charge in [-0.15, -0.1) is 0 Å². The molecule has 0 spiro atoms. The second-order valence-electron chi connectivity index (χ2n) is 4.34. The minimum Gasteiger partial charge on any atom is -0.370 e. The van der Waals surface area contributed by atoms with Crippen LogP contribution in [0.25, 0.3) is 11.0 Å². The van der Waals surface area contributed by atoms with Crippen LogP contribution >= 0.6 is 12.2 Å². The summed E-state index contributed by atoms with van der Waals surface area (Å²) in [6, 6.07) is 6.04. The number of carbonyl (C=O) groups excluding carboxylic acids is 1. The molecule has 0 fully saturated rings. The molecule has 4 nitrogen and oxygen atoms in total. The fraction of sp³-hybridized carbons (Fsp3) is 0.333. The quantitative estimate of drug-likeness (QED) is 0.821. The number of carbonyl (C=O) groups is 1. The molecule has 0 saturated carbocycles. The predicted molar refractivity (Wildman–Crippen MR) is 70.4 cm³/mol. The van der Waals surface area contributed by atoms with E-state index >= 15 is 0 Å². The first-order chi connectivity index (χ1) is 7.99. The topological polar surface area (TPSA) is 63.8 Å². The largest absolute Gasteiger partial charge is 0.370 e. The molecule has 0 aliphatic carbocycles. The molecule has 0 aliphatic rings. The maximum Gasteiger partial charge on any atom is 0.219 e. The summed E-state index contributed by atoms with van der Waals surface area (Å²) in [6.45, 7) is 3.97. The highest BCUT2D eigenvalue weighted by molar-refractivity contribution is 7.71. The Morgan fingerprint density at radius 1 is 1.59 bits per heavy atom. The number of aromatic nitrogens is 2. The number of fused-ring (bicyclic) bond motifs is 1. The van der Waals surface area contributed by atoms with E-state index in [4.69, 9.17) is 18.0 Å². The summed E-state index contributed by atoms with van der Waals surface area (Å²) in [7, 11) is 0. The van der Waals surface area contributed by atoms with Crippen molar-refractivity contribution < 1.29 is 4.79 Å². The van der Waals surface area contributed by atoms with Crippen molar-refractivity contribution in [2.75, 3.05) is 0 Å². The standard InChI is InChI=1S/C12H15N3OS/c1-7-3-4-9-10(5-7)15(12(17)14-9)8(2)6-11(13)16/h3-5,8H,6H2,1-2H3,(H2,13,16)(H,14,17). The molecule has 1 aromatic heterocycles. The van der Waals surface area contributed by atoms with Gasteiger partial charge in [-0.05, 0) is 43.8 Å². The first-order valence-corrected chi connectivity index (χ1v) is 5.89. The van der Waals surface area contributed by atoms with Gasteiger partial charge >= 0.3 is 0 Å². The molecule has 1 aromatic carbocycles. The van der Waals surface area contributed by atoms with Gasteiger partial charge in [0.05, 0.1) is 11.0 Å². The highest BCUT2D eigenvalue weighted by Gasteiger charge is 2.13. The second-order valence-corrected chi connectivity index (χ2v) is 4.73. The molecule has 1 atom stereocenters. The Hall–Kier alpha value is -1.62. The molecule has 1 heterocycles. The number of nitrogens with two attached hydrogens (primary N) is 1. The van der Waals surface area contributed by atoms with Crippen molar-refractivity contribution in [3.63, 3.8) is 0 Å². The van der Waals surface area contributed by atoms with E-state index in [2.05, 4.69) is 11.1 Å². The van der Waals surface area contributed by atoms with Crippen molar-refractivity contribution in [3.05, 3.63) is 28.5 Å². The third-order valence-corrected chi connectivity index (χ3v) is 3.11. The van der Waals surface area contributed by atoms with Crippen LogP contribution in [-0.2, 0) is 4.79 Å². The summed E-state index contributed by atoms with van der Waals surface area (Å²) in [5, 5.41) is 0. The molecule has 1 unspecified atom stereocenters. The van der Waals surface area contributed by atoms with Gasteiger partial charge in [0.25, 0.3) is 0 Å². The van der Waals surface area contributed by atoms with Crippen LogP contribution in [0.15, 0.2) is 18.2 Å². The Morgan fingerprint density at radius 3 is 2.94 bits per heavy atom. The number of amides is 1. The van der Waals surface area contributed by atoms with E-state index < -0.39 is 0 Å². The van der Waals surface area contributed by atoms with E-state index in [9.17, 15) is 4.79 Å². The molecule has 0 bridgehead atoms. The number of imidazole rings is 1. The molecule has 90 valence electrons. The number of hydrogen-bond donors (Lipinski definition) is 2. The van der Waals surface area contributed by atoms with E-state index in [0.717, 1.165) is 16.6 Å². The predicted octanol–water partition coefficient (Wildman–Crippen LogP) is 2.44. The van der Waals surface area contributed by atoms with Crippen molar-refractivity contribution >= 4 is 29.2 Å². The Balaban J connectivity index is 2.59. The van der Waals surface area contributed by atoms with Crippen LogP contribution in [0.1, 0.15) is 24.9 Å². The van der Waals surface area contributed by atoms with Gasteiger partial charge in [-0.3, -0.25) is 4.79 Å². The third kappa shape index (κ3) is 2.24. The normalized spacial score (nSPS) is 12.8. The highest BCUT2D eigenvalue weighted by Crippen LogP contribution is 2.21. The van der Waals surface area contributed by atoms with E-state index in [-0.39, 0.29) is 18.4 Å². The van der Waals surface area contributed by atoms with Gasteiger partial charge < -0.3 is 15.3 Å². The molecule has 17 heavy (non-hydrogen) atoms. The van der Waals surface area contributed by atoms with Crippen molar-refractivity contribution in [2.45, 2.75) is 26.3 Å². The van der Waals surface area contributed by atoms with Crippen LogP contribution in [0.4, 0.5) is 0 Å². The Labute approximate surface area is 104 Å². The summed E-state index contributed by atoms with van der Waals surface area (Å²) in [5.74, 6) is -0.318. The SMILES string of the molecule is Cc1ccc2[nH]c(=S)n(C(C)CC(N)=O)c2c1. The number of H-pyrrole nitrogens is 1. The molecule has 5 heteroatoms.